The van der Waals surface area contributed by atoms with E-state index in [9.17, 15) is 51.3 Å². The van der Waals surface area contributed by atoms with Gasteiger partial charge in [0.05, 0.1) is 95.7 Å². The van der Waals surface area contributed by atoms with E-state index in [1.165, 1.54) is 44.6 Å². The van der Waals surface area contributed by atoms with Crippen LogP contribution in [-0.4, -0.2) is 170 Å². The Labute approximate surface area is 435 Å². The lowest BCUT2D eigenvalue weighted by Gasteiger charge is -2.38. The summed E-state index contributed by atoms with van der Waals surface area (Å²) >= 11 is 0. The molecule has 2 fully saturated rings. The molecule has 0 radical (unpaired) electrons. The fourth-order valence-corrected chi connectivity index (χ4v) is 8.73. The number of benzene rings is 2. The number of fused-ring (bicyclic) bond motifs is 3. The van der Waals surface area contributed by atoms with Crippen LogP contribution in [0, 0.1) is 0 Å². The average Bonchev–Trinajstić information content (AvgIpc) is 3.70. The summed E-state index contributed by atoms with van der Waals surface area (Å²) in [6.07, 6.45) is -14.9. The molecule has 2 aromatic heterocycles. The lowest BCUT2D eigenvalue weighted by Crippen LogP contribution is -2.58. The van der Waals surface area contributed by atoms with E-state index >= 15 is 8.78 Å². The molecule has 4 heterocycles. The van der Waals surface area contributed by atoms with Crippen LogP contribution in [0.4, 0.5) is 46.8 Å². The van der Waals surface area contributed by atoms with Gasteiger partial charge in [-0.2, -0.15) is 35.1 Å². The van der Waals surface area contributed by atoms with Gasteiger partial charge in [-0.25, -0.2) is 14.3 Å². The molecule has 422 valence electrons. The van der Waals surface area contributed by atoms with Crippen molar-refractivity contribution in [3.63, 3.8) is 0 Å². The second kappa shape index (κ2) is 25.3. The van der Waals surface area contributed by atoms with Crippen molar-refractivity contribution in [3.8, 4) is 11.1 Å². The predicted molar refractivity (Wildman–Crippen MR) is 252 cm³/mol. The number of hydrogen-bond donors (Lipinski definition) is 7. The van der Waals surface area contributed by atoms with Crippen molar-refractivity contribution >= 4 is 23.5 Å². The van der Waals surface area contributed by atoms with Crippen molar-refractivity contribution < 1.29 is 97.8 Å². The summed E-state index contributed by atoms with van der Waals surface area (Å²) in [5, 5.41) is 44.0. The molecule has 28 heteroatoms. The summed E-state index contributed by atoms with van der Waals surface area (Å²) in [5.41, 5.74) is -3.04. The van der Waals surface area contributed by atoms with Crippen molar-refractivity contribution in [2.45, 2.75) is 93.5 Å². The highest BCUT2D eigenvalue weighted by molar-refractivity contribution is 5.97. The number of nitrogens with one attached hydrogen (secondary N) is 4. The van der Waals surface area contributed by atoms with Gasteiger partial charge in [-0.1, -0.05) is 12.1 Å². The number of carbonyl (C=O) groups is 2. The Morgan fingerprint density at radius 3 is 2.10 bits per heavy atom. The van der Waals surface area contributed by atoms with E-state index in [1.54, 1.807) is 13.8 Å². The van der Waals surface area contributed by atoms with Gasteiger partial charge in [-0.15, -0.1) is 0 Å². The molecule has 4 aromatic rings. The lowest BCUT2D eigenvalue weighted by molar-refractivity contribution is -0.678. The monoisotopic (exact) mass is 1100 g/mol. The zero-order valence-corrected chi connectivity index (χ0v) is 42.0. The van der Waals surface area contributed by atoms with Crippen LogP contribution in [0.3, 0.4) is 0 Å². The molecule has 2 saturated heterocycles. The summed E-state index contributed by atoms with van der Waals surface area (Å²) in [6, 6.07) is 5.62. The van der Waals surface area contributed by atoms with E-state index in [4.69, 9.17) is 33.2 Å². The minimum absolute atomic E-state index is 0.0187. The summed E-state index contributed by atoms with van der Waals surface area (Å²) in [6.45, 7) is 3.30. The molecular formula is C49H59F8N8O12+. The number of aromatic nitrogens is 4. The van der Waals surface area contributed by atoms with E-state index in [-0.39, 0.29) is 106 Å². The number of amides is 1. The van der Waals surface area contributed by atoms with Crippen molar-refractivity contribution in [3.05, 3.63) is 94.3 Å². The van der Waals surface area contributed by atoms with Crippen LogP contribution in [0.25, 0.3) is 11.1 Å². The molecule has 1 amide bonds. The first kappa shape index (κ1) is 58.9. The maximum atomic E-state index is 15.8. The van der Waals surface area contributed by atoms with E-state index in [0.29, 0.717) is 12.4 Å². The van der Waals surface area contributed by atoms with Crippen LogP contribution in [0.15, 0.2) is 55.0 Å². The van der Waals surface area contributed by atoms with E-state index in [1.807, 2.05) is 0 Å². The number of aliphatic hydroxyl groups excluding tert-OH is 3. The van der Waals surface area contributed by atoms with Gasteiger partial charge in [0.2, 0.25) is 5.69 Å². The van der Waals surface area contributed by atoms with Gasteiger partial charge in [-0.05, 0) is 49.2 Å². The maximum Gasteiger partial charge on any atom is 0.455 e. The van der Waals surface area contributed by atoms with Gasteiger partial charge in [0, 0.05) is 43.4 Å². The molecule has 20 nitrogen and oxygen atoms in total. The Morgan fingerprint density at radius 2 is 1.44 bits per heavy atom. The molecule has 0 spiro atoms. The van der Waals surface area contributed by atoms with Crippen molar-refractivity contribution in [1.29, 1.82) is 0 Å². The van der Waals surface area contributed by atoms with Gasteiger partial charge in [0.25, 0.3) is 17.6 Å². The molecule has 2 aromatic carbocycles. The fourth-order valence-electron chi connectivity index (χ4n) is 8.73. The first-order valence-electron chi connectivity index (χ1n) is 24.3. The Kier molecular flexibility index (Phi) is 19.4. The Morgan fingerprint density at radius 1 is 0.805 bits per heavy atom. The first-order chi connectivity index (χ1) is 36.5. The highest BCUT2D eigenvalue weighted by Gasteiger charge is 2.47. The Hall–Kier alpha value is -5.82. The molecular weight excluding hydrogens is 1040 g/mol. The van der Waals surface area contributed by atoms with E-state index in [0.717, 1.165) is 16.7 Å². The second-order valence-electron chi connectivity index (χ2n) is 18.4. The molecule has 2 aliphatic heterocycles. The zero-order chi connectivity index (χ0) is 55.8. The molecule has 7 rings (SSSR count). The van der Waals surface area contributed by atoms with Crippen LogP contribution in [0.5, 0.6) is 0 Å². The Balaban J connectivity index is 0.804. The zero-order valence-electron chi connectivity index (χ0n) is 42.0. The van der Waals surface area contributed by atoms with Gasteiger partial charge in [-0.3, -0.25) is 20.1 Å². The lowest BCUT2D eigenvalue weighted by atomic mass is 9.97. The molecule has 77 heavy (non-hydrogen) atoms. The smallest absolute Gasteiger partial charge is 0.455 e. The molecule has 1 aliphatic carbocycles. The van der Waals surface area contributed by atoms with Gasteiger partial charge >= 0.3 is 18.3 Å². The molecule has 0 unspecified atom stereocenters. The second-order valence-corrected chi connectivity index (χ2v) is 18.4. The first-order valence-corrected chi connectivity index (χ1v) is 24.3. The minimum atomic E-state index is -4.88. The van der Waals surface area contributed by atoms with Gasteiger partial charge < -0.3 is 64.4 Å². The molecule has 3 aliphatic rings. The SMILES string of the molecule is CO[C@H]1[C@@H](O)[C@@H](COCCOCCOCCNCc2ncc(C(F)(F)F)nc2N[C@H]2CO[C@H](CNC(=O)c3ccc4c(c3)C(F)(F)c3cc(C(=O)OC(C)C)ccc3-4)[C@H](O)[C@@H]2O)OC[C@@H]1Nc1cncc(C(F)(F)F)[n+]1C. The number of alkyl halides is 8. The fraction of sp³-hybridized carbons (Fsp3) is 0.551. The topological polar surface area (TPSA) is 250 Å². The normalized spacial score (nSPS) is 23.1. The number of methoxy groups -OCH3 is 1. The minimum Gasteiger partial charge on any atom is -0.459 e. The number of carbonyl (C=O) groups excluding carboxylic acids is 2. The van der Waals surface area contributed by atoms with Crippen LogP contribution in [-0.2, 0) is 65.0 Å². The number of rotatable bonds is 23. The summed E-state index contributed by atoms with van der Waals surface area (Å²) in [5.74, 6) is -5.45. The molecule has 7 N–H and O–H groups in total. The van der Waals surface area contributed by atoms with Crippen molar-refractivity contribution in [1.82, 2.24) is 25.6 Å². The van der Waals surface area contributed by atoms with Crippen molar-refractivity contribution in [2.75, 3.05) is 83.7 Å². The number of anilines is 2. The summed E-state index contributed by atoms with van der Waals surface area (Å²) in [7, 11) is 2.58. The largest absolute Gasteiger partial charge is 0.459 e. The Bertz CT molecular complexity index is 2670. The summed E-state index contributed by atoms with van der Waals surface area (Å²) < 4.78 is 152. The highest BCUT2D eigenvalue weighted by Crippen LogP contribution is 2.51. The van der Waals surface area contributed by atoms with Gasteiger partial charge in [0.15, 0.2) is 5.69 Å². The quantitative estimate of drug-likeness (QED) is 0.0244. The van der Waals surface area contributed by atoms with Crippen molar-refractivity contribution in [2.24, 2.45) is 7.05 Å². The third-order valence-electron chi connectivity index (χ3n) is 12.8. The summed E-state index contributed by atoms with van der Waals surface area (Å²) in [4.78, 5) is 36.9. The number of ether oxygens (including phenoxy) is 7. The average molecular weight is 1100 g/mol. The number of halogens is 8. The number of esters is 1. The third kappa shape index (κ3) is 14.3. The number of hydrogen-bond acceptors (Lipinski definition) is 18. The third-order valence-corrected chi connectivity index (χ3v) is 12.8. The van der Waals surface area contributed by atoms with E-state index in [2.05, 4.69) is 36.2 Å². The van der Waals surface area contributed by atoms with Crippen LogP contribution < -0.4 is 25.8 Å². The number of nitrogens with zero attached hydrogens (tertiary/aromatic N) is 4. The van der Waals surface area contributed by atoms with Crippen LogP contribution in [0.1, 0.15) is 62.8 Å². The molecule has 0 saturated carbocycles. The van der Waals surface area contributed by atoms with Gasteiger partial charge in [0.1, 0.15) is 54.7 Å². The molecule has 8 atom stereocenters. The standard InChI is InChI=1S/C49H58F8N8O12/c1-25(2)77-46(70)27-6-8-29-28-7-5-26(15-30(28)47(50,51)31(29)16-27)45(69)61-18-35-41(67)40(66)33(22-75-35)63-44-32(60-19-37(64-44)48(52,53)54)17-58-9-10-72-11-12-73-13-14-74-24-36-42(68)43(71-4)34(23-76-36)62-39-21-59-20-38(65(39)3)49(55,56)57/h5-8,15-16,19-21,25,33-36,40-43,58,66-68H,9-14,17-18,22-24H2,1-4H3,(H2,61,63,64,69)/p+1/t33-,34-,35+,36+,40+,41-,42-,43+/m0/s1. The molecule has 0 bridgehead atoms. The number of aliphatic hydroxyl groups is 3. The van der Waals surface area contributed by atoms with Crippen LogP contribution >= 0.6 is 0 Å². The predicted octanol–water partition coefficient (Wildman–Crippen LogP) is 3.15. The highest BCUT2D eigenvalue weighted by atomic mass is 19.4. The van der Waals surface area contributed by atoms with Crippen LogP contribution in [0.2, 0.25) is 0 Å². The maximum absolute atomic E-state index is 15.8. The van der Waals surface area contributed by atoms with E-state index < -0.39 is 114 Å².